The molecule has 158 valence electrons. The first kappa shape index (κ1) is 22.3. The number of morpholine rings is 1. The Balaban J connectivity index is 1.70. The normalized spacial score (nSPS) is 13.9. The summed E-state index contributed by atoms with van der Waals surface area (Å²) in [5.41, 5.74) is 2.85. The molecule has 0 aliphatic carbocycles. The third-order valence-electron chi connectivity index (χ3n) is 4.00. The van der Waals surface area contributed by atoms with Crippen molar-refractivity contribution in [2.45, 2.75) is 6.42 Å². The highest BCUT2D eigenvalue weighted by Gasteiger charge is 2.17. The smallest absolute Gasteiger partial charge is 0.329 e. The summed E-state index contributed by atoms with van der Waals surface area (Å²) in [5.74, 6) is -1.14. The van der Waals surface area contributed by atoms with Gasteiger partial charge in [0, 0.05) is 33.4 Å². The third-order valence-corrected chi connectivity index (χ3v) is 4.00. The van der Waals surface area contributed by atoms with Gasteiger partial charge in [-0.3, -0.25) is 14.4 Å². The Hall–Kier alpha value is -2.98. The number of hydrogen-bond donors (Lipinski definition) is 2. The van der Waals surface area contributed by atoms with Crippen LogP contribution in [0.5, 0.6) is 5.75 Å². The lowest BCUT2D eigenvalue weighted by molar-refractivity contribution is -0.139. The second kappa shape index (κ2) is 12.5. The second-order valence-corrected chi connectivity index (χ2v) is 6.15. The zero-order valence-corrected chi connectivity index (χ0v) is 16.4. The first-order valence-corrected chi connectivity index (χ1v) is 9.28. The minimum atomic E-state index is -0.847. The maximum Gasteiger partial charge on any atom is 0.329 e. The molecule has 2 rings (SSSR count). The van der Waals surface area contributed by atoms with Crippen molar-refractivity contribution < 1.29 is 28.6 Å². The first-order chi connectivity index (χ1) is 14.1. The van der Waals surface area contributed by atoms with Crippen LogP contribution in [0.15, 0.2) is 29.4 Å². The van der Waals surface area contributed by atoms with Gasteiger partial charge in [0.1, 0.15) is 5.75 Å². The molecule has 29 heavy (non-hydrogen) atoms. The quantitative estimate of drug-likeness (QED) is 0.248. The van der Waals surface area contributed by atoms with Crippen LogP contribution in [-0.4, -0.2) is 82.0 Å². The van der Waals surface area contributed by atoms with Gasteiger partial charge in [-0.2, -0.15) is 5.10 Å². The number of carbonyl (C=O) groups excluding carboxylic acids is 3. The van der Waals surface area contributed by atoms with E-state index in [1.807, 2.05) is 0 Å². The maximum absolute atomic E-state index is 12.0. The molecule has 1 aliphatic rings. The van der Waals surface area contributed by atoms with E-state index in [0.717, 1.165) is 0 Å². The minimum Gasteiger partial charge on any atom is -0.484 e. The molecule has 0 radical (unpaired) electrons. The molecule has 0 spiro atoms. The van der Waals surface area contributed by atoms with Gasteiger partial charge in [0.2, 0.25) is 0 Å². The van der Waals surface area contributed by atoms with Crippen LogP contribution in [0, 0.1) is 0 Å². The fraction of sp³-hybridized carbons (Fsp3) is 0.474. The number of amides is 3. The van der Waals surface area contributed by atoms with Gasteiger partial charge < -0.3 is 24.4 Å². The summed E-state index contributed by atoms with van der Waals surface area (Å²) in [6.07, 6.45) is 2.02. The molecule has 0 bridgehead atoms. The number of carbonyl (C=O) groups is 3. The molecular formula is C19H26N4O6. The lowest BCUT2D eigenvalue weighted by atomic mass is 10.2. The predicted octanol–water partition coefficient (Wildman–Crippen LogP) is -0.473. The fourth-order valence-electron chi connectivity index (χ4n) is 2.41. The molecule has 1 fully saturated rings. The van der Waals surface area contributed by atoms with Crippen LogP contribution in [0.1, 0.15) is 12.0 Å². The number of hydrazone groups is 1. The van der Waals surface area contributed by atoms with Crippen LogP contribution in [0.4, 0.5) is 0 Å². The van der Waals surface area contributed by atoms with E-state index < -0.39 is 11.8 Å². The Morgan fingerprint density at radius 2 is 1.90 bits per heavy atom. The number of methoxy groups -OCH3 is 1. The number of ether oxygens (including phenoxy) is 3. The number of nitrogens with one attached hydrogen (secondary N) is 2. The van der Waals surface area contributed by atoms with Gasteiger partial charge in [-0.1, -0.05) is 0 Å². The molecule has 1 aliphatic heterocycles. The van der Waals surface area contributed by atoms with E-state index in [1.165, 1.54) is 6.21 Å². The largest absolute Gasteiger partial charge is 0.484 e. The van der Waals surface area contributed by atoms with Gasteiger partial charge in [-0.15, -0.1) is 0 Å². The molecule has 0 saturated carbocycles. The fourth-order valence-corrected chi connectivity index (χ4v) is 2.41. The molecule has 0 unspecified atom stereocenters. The van der Waals surface area contributed by atoms with Crippen LogP contribution >= 0.6 is 0 Å². The molecule has 1 aromatic rings. The molecule has 0 atom stereocenters. The lowest BCUT2D eigenvalue weighted by Gasteiger charge is -2.26. The standard InChI is InChI=1S/C19H26N4O6/c1-27-10-2-7-20-18(25)19(26)22-21-13-15-3-5-16(6-4-15)29-14-17(24)23-8-11-28-12-9-23/h3-6,13H,2,7-12,14H2,1H3,(H,20,25)(H,22,26)/b21-13-. The molecule has 10 heteroatoms. The highest BCUT2D eigenvalue weighted by molar-refractivity contribution is 6.35. The Bertz CT molecular complexity index is 701. The summed E-state index contributed by atoms with van der Waals surface area (Å²) in [4.78, 5) is 36.9. The summed E-state index contributed by atoms with van der Waals surface area (Å²) in [6.45, 7) is 3.06. The van der Waals surface area contributed by atoms with Crippen molar-refractivity contribution in [2.24, 2.45) is 5.10 Å². The monoisotopic (exact) mass is 406 g/mol. The second-order valence-electron chi connectivity index (χ2n) is 6.15. The van der Waals surface area contributed by atoms with E-state index in [4.69, 9.17) is 14.2 Å². The molecule has 10 nitrogen and oxygen atoms in total. The highest BCUT2D eigenvalue weighted by atomic mass is 16.5. The topological polar surface area (TPSA) is 119 Å². The van der Waals surface area contributed by atoms with Crippen LogP contribution in [-0.2, 0) is 23.9 Å². The zero-order chi connectivity index (χ0) is 20.9. The summed E-state index contributed by atoms with van der Waals surface area (Å²) in [7, 11) is 1.56. The Labute approximate surface area is 169 Å². The van der Waals surface area contributed by atoms with Crippen molar-refractivity contribution in [3.8, 4) is 5.75 Å². The van der Waals surface area contributed by atoms with Crippen LogP contribution < -0.4 is 15.5 Å². The summed E-state index contributed by atoms with van der Waals surface area (Å²) in [5, 5.41) is 6.21. The molecule has 2 N–H and O–H groups in total. The van der Waals surface area contributed by atoms with Crippen molar-refractivity contribution in [3.05, 3.63) is 29.8 Å². The van der Waals surface area contributed by atoms with E-state index in [-0.39, 0.29) is 12.5 Å². The number of nitrogens with zero attached hydrogens (tertiary/aromatic N) is 2. The van der Waals surface area contributed by atoms with Crippen molar-refractivity contribution in [2.75, 3.05) is 53.2 Å². The Morgan fingerprint density at radius 1 is 1.17 bits per heavy atom. The maximum atomic E-state index is 12.0. The van der Waals surface area contributed by atoms with Crippen LogP contribution in [0.2, 0.25) is 0 Å². The van der Waals surface area contributed by atoms with Crippen molar-refractivity contribution >= 4 is 23.9 Å². The first-order valence-electron chi connectivity index (χ1n) is 9.28. The molecule has 1 saturated heterocycles. The van der Waals surface area contributed by atoms with E-state index >= 15 is 0 Å². The van der Waals surface area contributed by atoms with Gasteiger partial charge in [-0.25, -0.2) is 5.43 Å². The van der Waals surface area contributed by atoms with Crippen molar-refractivity contribution in [1.29, 1.82) is 0 Å². The predicted molar refractivity (Wildman–Crippen MR) is 105 cm³/mol. The van der Waals surface area contributed by atoms with Gasteiger partial charge >= 0.3 is 11.8 Å². The van der Waals surface area contributed by atoms with E-state index in [2.05, 4.69) is 15.8 Å². The van der Waals surface area contributed by atoms with E-state index in [0.29, 0.717) is 57.2 Å². The SMILES string of the molecule is COCCCNC(=O)C(=O)N/N=C\c1ccc(OCC(=O)N2CCOCC2)cc1. The Morgan fingerprint density at radius 3 is 2.59 bits per heavy atom. The van der Waals surface area contributed by atoms with Crippen molar-refractivity contribution in [1.82, 2.24) is 15.6 Å². The molecule has 1 heterocycles. The number of benzene rings is 1. The van der Waals surface area contributed by atoms with Crippen LogP contribution in [0.25, 0.3) is 0 Å². The average molecular weight is 406 g/mol. The molecule has 1 aromatic carbocycles. The van der Waals surface area contributed by atoms with E-state index in [1.54, 1.807) is 36.3 Å². The summed E-state index contributed by atoms with van der Waals surface area (Å²) < 4.78 is 15.6. The molecular weight excluding hydrogens is 380 g/mol. The highest BCUT2D eigenvalue weighted by Crippen LogP contribution is 2.11. The lowest BCUT2D eigenvalue weighted by Crippen LogP contribution is -2.42. The average Bonchev–Trinajstić information content (AvgIpc) is 2.76. The molecule has 3 amide bonds. The van der Waals surface area contributed by atoms with Crippen LogP contribution in [0.3, 0.4) is 0 Å². The Kier molecular flexibility index (Phi) is 9.60. The van der Waals surface area contributed by atoms with Crippen molar-refractivity contribution in [3.63, 3.8) is 0 Å². The summed E-state index contributed by atoms with van der Waals surface area (Å²) in [6, 6.07) is 6.82. The molecule has 0 aromatic heterocycles. The number of hydrogen-bond acceptors (Lipinski definition) is 7. The zero-order valence-electron chi connectivity index (χ0n) is 16.4. The summed E-state index contributed by atoms with van der Waals surface area (Å²) >= 11 is 0. The number of rotatable bonds is 9. The van der Waals surface area contributed by atoms with Gasteiger partial charge in [0.05, 0.1) is 19.4 Å². The minimum absolute atomic E-state index is 0.0387. The van der Waals surface area contributed by atoms with Gasteiger partial charge in [-0.05, 0) is 36.2 Å². The van der Waals surface area contributed by atoms with E-state index in [9.17, 15) is 14.4 Å². The van der Waals surface area contributed by atoms with Gasteiger partial charge in [0.25, 0.3) is 5.91 Å². The third kappa shape index (κ3) is 8.28. The van der Waals surface area contributed by atoms with Gasteiger partial charge in [0.15, 0.2) is 6.61 Å².